The molecule has 2 aromatic rings. The average molecular weight is 283 g/mol. The number of carbonyl (C=O) groups is 1. The van der Waals surface area contributed by atoms with E-state index in [0.29, 0.717) is 5.56 Å². The lowest BCUT2D eigenvalue weighted by Gasteiger charge is -2.09. The highest BCUT2D eigenvalue weighted by Gasteiger charge is 2.09. The summed E-state index contributed by atoms with van der Waals surface area (Å²) in [6.45, 7) is 3.98. The van der Waals surface area contributed by atoms with E-state index in [2.05, 4.69) is 24.4 Å². The summed E-state index contributed by atoms with van der Waals surface area (Å²) in [4.78, 5) is 12.2. The van der Waals surface area contributed by atoms with E-state index in [9.17, 15) is 9.90 Å². The highest BCUT2D eigenvalue weighted by Crippen LogP contribution is 2.18. The van der Waals surface area contributed by atoms with Gasteiger partial charge in [0.15, 0.2) is 0 Å². The molecular weight excluding hydrogens is 262 g/mol. The van der Waals surface area contributed by atoms with Gasteiger partial charge in [0.1, 0.15) is 5.75 Å². The maximum Gasteiger partial charge on any atom is 0.255 e. The van der Waals surface area contributed by atoms with Crippen molar-refractivity contribution in [1.29, 1.82) is 0 Å². The maximum atomic E-state index is 12.2. The van der Waals surface area contributed by atoms with Gasteiger partial charge in [-0.05, 0) is 61.2 Å². The molecule has 110 valence electrons. The highest BCUT2D eigenvalue weighted by molar-refractivity contribution is 6.05. The number of aromatic hydroxyl groups is 1. The van der Waals surface area contributed by atoms with Crippen LogP contribution in [0.25, 0.3) is 0 Å². The number of unbranched alkanes of at least 4 members (excludes halogenated alkanes) is 1. The molecule has 3 heteroatoms. The van der Waals surface area contributed by atoms with Crippen LogP contribution in [0.15, 0.2) is 42.5 Å². The van der Waals surface area contributed by atoms with E-state index in [1.165, 1.54) is 24.5 Å². The third-order valence-corrected chi connectivity index (χ3v) is 3.49. The minimum absolute atomic E-state index is 0.159. The zero-order chi connectivity index (χ0) is 15.2. The van der Waals surface area contributed by atoms with Crippen LogP contribution in [0, 0.1) is 6.92 Å². The number of anilines is 1. The molecule has 3 nitrogen and oxygen atoms in total. The fraction of sp³-hybridized carbons (Fsp3) is 0.278. The minimum atomic E-state index is -0.159. The number of hydrogen-bond donors (Lipinski definition) is 2. The number of aryl methyl sites for hydroxylation is 2. The van der Waals surface area contributed by atoms with E-state index < -0.39 is 0 Å². The zero-order valence-corrected chi connectivity index (χ0v) is 12.5. The van der Waals surface area contributed by atoms with Gasteiger partial charge in [-0.3, -0.25) is 4.79 Å². The summed E-state index contributed by atoms with van der Waals surface area (Å²) in [5.41, 5.74) is 3.40. The Labute approximate surface area is 125 Å². The summed E-state index contributed by atoms with van der Waals surface area (Å²) in [6.07, 6.45) is 3.43. The molecule has 2 rings (SSSR count). The van der Waals surface area contributed by atoms with Crippen LogP contribution in [0.1, 0.15) is 41.3 Å². The van der Waals surface area contributed by atoms with Crippen molar-refractivity contribution in [2.45, 2.75) is 33.1 Å². The molecule has 0 spiro atoms. The average Bonchev–Trinajstić information content (AvgIpc) is 2.46. The lowest BCUT2D eigenvalue weighted by atomic mass is 10.1. The molecular formula is C18H21NO2. The first-order valence-corrected chi connectivity index (χ1v) is 7.30. The monoisotopic (exact) mass is 283 g/mol. The zero-order valence-electron chi connectivity index (χ0n) is 12.5. The van der Waals surface area contributed by atoms with Gasteiger partial charge in [-0.15, -0.1) is 0 Å². The van der Waals surface area contributed by atoms with Gasteiger partial charge in [0, 0.05) is 11.3 Å². The number of hydrogen-bond acceptors (Lipinski definition) is 2. The quantitative estimate of drug-likeness (QED) is 0.859. The maximum absolute atomic E-state index is 12.2. The first-order chi connectivity index (χ1) is 10.1. The van der Waals surface area contributed by atoms with Crippen molar-refractivity contribution in [3.05, 3.63) is 59.2 Å². The molecule has 0 radical (unpaired) electrons. The number of carbonyl (C=O) groups excluding carboxylic acids is 1. The van der Waals surface area contributed by atoms with Crippen LogP contribution in [0.2, 0.25) is 0 Å². The third-order valence-electron chi connectivity index (χ3n) is 3.49. The largest absolute Gasteiger partial charge is 0.508 e. The second-order valence-corrected chi connectivity index (χ2v) is 5.25. The molecule has 0 heterocycles. The molecule has 0 unspecified atom stereocenters. The lowest BCUT2D eigenvalue weighted by molar-refractivity contribution is 0.102. The molecule has 0 aliphatic heterocycles. The SMILES string of the molecule is CCCCc1ccc(NC(=O)c2ccc(O)cc2C)cc1. The van der Waals surface area contributed by atoms with Crippen molar-refractivity contribution >= 4 is 11.6 Å². The second-order valence-electron chi connectivity index (χ2n) is 5.25. The topological polar surface area (TPSA) is 49.3 Å². The molecule has 0 aromatic heterocycles. The van der Waals surface area contributed by atoms with Crippen molar-refractivity contribution in [2.75, 3.05) is 5.32 Å². The molecule has 0 fully saturated rings. The van der Waals surface area contributed by atoms with E-state index >= 15 is 0 Å². The third kappa shape index (κ3) is 4.09. The number of nitrogens with one attached hydrogen (secondary N) is 1. The fourth-order valence-corrected chi connectivity index (χ4v) is 2.24. The number of phenols is 1. The van der Waals surface area contributed by atoms with Gasteiger partial charge in [0.25, 0.3) is 5.91 Å². The van der Waals surface area contributed by atoms with Gasteiger partial charge < -0.3 is 10.4 Å². The Kier molecular flexibility index (Phi) is 4.99. The molecule has 0 bridgehead atoms. The Hall–Kier alpha value is -2.29. The first-order valence-electron chi connectivity index (χ1n) is 7.30. The highest BCUT2D eigenvalue weighted by atomic mass is 16.3. The summed E-state index contributed by atoms with van der Waals surface area (Å²) in [5.74, 6) is 0.0122. The first kappa shape index (κ1) is 15.1. The van der Waals surface area contributed by atoms with E-state index in [-0.39, 0.29) is 11.7 Å². The number of benzene rings is 2. The van der Waals surface area contributed by atoms with Gasteiger partial charge in [-0.1, -0.05) is 25.5 Å². The van der Waals surface area contributed by atoms with Crippen molar-refractivity contribution in [3.63, 3.8) is 0 Å². The Bertz CT molecular complexity index is 618. The predicted octanol–water partition coefficient (Wildman–Crippen LogP) is 4.30. The number of rotatable bonds is 5. The molecule has 0 aliphatic rings. The normalized spacial score (nSPS) is 10.4. The molecule has 0 saturated heterocycles. The van der Waals surface area contributed by atoms with Gasteiger partial charge >= 0.3 is 0 Å². The Morgan fingerprint density at radius 1 is 1.14 bits per heavy atom. The molecule has 21 heavy (non-hydrogen) atoms. The Morgan fingerprint density at radius 3 is 2.48 bits per heavy atom. The number of amides is 1. The summed E-state index contributed by atoms with van der Waals surface area (Å²) >= 11 is 0. The smallest absolute Gasteiger partial charge is 0.255 e. The van der Waals surface area contributed by atoms with Crippen LogP contribution in [0.5, 0.6) is 5.75 Å². The van der Waals surface area contributed by atoms with Crippen LogP contribution >= 0.6 is 0 Å². The van der Waals surface area contributed by atoms with Gasteiger partial charge in [-0.25, -0.2) is 0 Å². The molecule has 2 N–H and O–H groups in total. The molecule has 2 aromatic carbocycles. The van der Waals surface area contributed by atoms with E-state index in [4.69, 9.17) is 0 Å². The Balaban J connectivity index is 2.05. The van der Waals surface area contributed by atoms with E-state index in [1.54, 1.807) is 12.1 Å². The van der Waals surface area contributed by atoms with Gasteiger partial charge in [-0.2, -0.15) is 0 Å². The van der Waals surface area contributed by atoms with Crippen LogP contribution in [0.4, 0.5) is 5.69 Å². The van der Waals surface area contributed by atoms with Crippen LogP contribution < -0.4 is 5.32 Å². The molecule has 0 aliphatic carbocycles. The van der Waals surface area contributed by atoms with Gasteiger partial charge in [0.2, 0.25) is 0 Å². The minimum Gasteiger partial charge on any atom is -0.508 e. The lowest BCUT2D eigenvalue weighted by Crippen LogP contribution is -2.13. The second kappa shape index (κ2) is 6.93. The van der Waals surface area contributed by atoms with Crippen molar-refractivity contribution in [1.82, 2.24) is 0 Å². The summed E-state index contributed by atoms with van der Waals surface area (Å²) < 4.78 is 0. The summed E-state index contributed by atoms with van der Waals surface area (Å²) in [5, 5.41) is 12.3. The van der Waals surface area contributed by atoms with Gasteiger partial charge in [0.05, 0.1) is 0 Å². The molecule has 1 amide bonds. The van der Waals surface area contributed by atoms with E-state index in [1.807, 2.05) is 19.1 Å². The summed E-state index contributed by atoms with van der Waals surface area (Å²) in [7, 11) is 0. The van der Waals surface area contributed by atoms with Crippen molar-refractivity contribution < 1.29 is 9.90 Å². The molecule has 0 saturated carbocycles. The standard InChI is InChI=1S/C18H21NO2/c1-3-4-5-14-6-8-15(9-7-14)19-18(21)17-11-10-16(20)12-13(17)2/h6-12,20H,3-5H2,1-2H3,(H,19,21). The fourth-order valence-electron chi connectivity index (χ4n) is 2.24. The van der Waals surface area contributed by atoms with Crippen LogP contribution in [0.3, 0.4) is 0 Å². The van der Waals surface area contributed by atoms with Crippen LogP contribution in [-0.4, -0.2) is 11.0 Å². The van der Waals surface area contributed by atoms with Crippen molar-refractivity contribution in [2.24, 2.45) is 0 Å². The van der Waals surface area contributed by atoms with Crippen LogP contribution in [-0.2, 0) is 6.42 Å². The molecule has 0 atom stereocenters. The predicted molar refractivity (Wildman–Crippen MR) is 85.9 cm³/mol. The number of phenolic OH excluding ortho intramolecular Hbond substituents is 1. The van der Waals surface area contributed by atoms with Crippen molar-refractivity contribution in [3.8, 4) is 5.75 Å². The Morgan fingerprint density at radius 2 is 1.86 bits per heavy atom. The van der Waals surface area contributed by atoms with E-state index in [0.717, 1.165) is 17.7 Å². The summed E-state index contributed by atoms with van der Waals surface area (Å²) in [6, 6.07) is 12.7.